The van der Waals surface area contributed by atoms with Gasteiger partial charge in [-0.25, -0.2) is 0 Å². The Morgan fingerprint density at radius 3 is 2.00 bits per heavy atom. The van der Waals surface area contributed by atoms with Gasteiger partial charge >= 0.3 is 0 Å². The highest BCUT2D eigenvalue weighted by molar-refractivity contribution is 5.93. The van der Waals surface area contributed by atoms with E-state index in [2.05, 4.69) is 0 Å². The second-order valence-corrected chi connectivity index (χ2v) is 4.09. The normalized spacial score (nSPS) is 17.6. The van der Waals surface area contributed by atoms with Crippen LogP contribution >= 0.6 is 0 Å². The number of allylic oxidation sites excluding steroid dienone is 1. The van der Waals surface area contributed by atoms with Gasteiger partial charge in [0.15, 0.2) is 0 Å². The Balaban J connectivity index is 2.51. The number of carbonyl (C=O) groups excluding carboxylic acids is 2. The van der Waals surface area contributed by atoms with E-state index in [1.807, 2.05) is 24.8 Å². The number of rotatable bonds is 2. The molecule has 0 aliphatic carbocycles. The molecule has 4 nitrogen and oxygen atoms in total. The maximum absolute atomic E-state index is 11.9. The molecule has 0 aromatic carbocycles. The molecule has 90 valence electrons. The van der Waals surface area contributed by atoms with Gasteiger partial charge in [-0.15, -0.1) is 0 Å². The van der Waals surface area contributed by atoms with Crippen LogP contribution in [0, 0.1) is 0 Å². The van der Waals surface area contributed by atoms with E-state index in [4.69, 9.17) is 0 Å². The first-order valence-electron chi connectivity index (χ1n) is 5.77. The molecule has 0 N–H and O–H groups in total. The minimum absolute atomic E-state index is 0.0907. The van der Waals surface area contributed by atoms with Crippen molar-refractivity contribution in [2.45, 2.75) is 27.2 Å². The Labute approximate surface area is 96.9 Å². The SMILES string of the molecule is CCC=C(C)C(=O)N1CCN(C(C)=O)CC1. The summed E-state index contributed by atoms with van der Waals surface area (Å²) in [6.45, 7) is 8.04. The molecule has 4 heteroatoms. The minimum Gasteiger partial charge on any atom is -0.339 e. The Hall–Kier alpha value is -1.32. The van der Waals surface area contributed by atoms with Crippen LogP contribution in [0.1, 0.15) is 27.2 Å². The van der Waals surface area contributed by atoms with Crippen molar-refractivity contribution >= 4 is 11.8 Å². The third kappa shape index (κ3) is 3.08. The molecule has 1 saturated heterocycles. The second kappa shape index (κ2) is 5.68. The number of amides is 2. The van der Waals surface area contributed by atoms with E-state index in [1.54, 1.807) is 11.8 Å². The fourth-order valence-electron chi connectivity index (χ4n) is 1.87. The fraction of sp³-hybridized carbons (Fsp3) is 0.667. The van der Waals surface area contributed by atoms with E-state index in [0.717, 1.165) is 12.0 Å². The topological polar surface area (TPSA) is 40.6 Å². The first-order valence-corrected chi connectivity index (χ1v) is 5.77. The standard InChI is InChI=1S/C12H20N2O2/c1-4-5-10(2)12(16)14-8-6-13(7-9-14)11(3)15/h5H,4,6-9H2,1-3H3. The minimum atomic E-state index is 0.0907. The van der Waals surface area contributed by atoms with Crippen LogP contribution in [0.15, 0.2) is 11.6 Å². The maximum Gasteiger partial charge on any atom is 0.249 e. The van der Waals surface area contributed by atoms with Crippen LogP contribution in [0.3, 0.4) is 0 Å². The zero-order valence-electron chi connectivity index (χ0n) is 10.3. The highest BCUT2D eigenvalue weighted by Gasteiger charge is 2.22. The van der Waals surface area contributed by atoms with Crippen molar-refractivity contribution in [3.8, 4) is 0 Å². The van der Waals surface area contributed by atoms with Crippen LogP contribution in [0.5, 0.6) is 0 Å². The molecule has 0 saturated carbocycles. The Morgan fingerprint density at radius 1 is 1.06 bits per heavy atom. The maximum atomic E-state index is 11.9. The number of hydrogen-bond acceptors (Lipinski definition) is 2. The van der Waals surface area contributed by atoms with Crippen LogP contribution in [0.4, 0.5) is 0 Å². The van der Waals surface area contributed by atoms with Crippen LogP contribution in [0.25, 0.3) is 0 Å². The highest BCUT2D eigenvalue weighted by atomic mass is 16.2. The van der Waals surface area contributed by atoms with Crippen LogP contribution in [-0.2, 0) is 9.59 Å². The summed E-state index contributed by atoms with van der Waals surface area (Å²) < 4.78 is 0. The van der Waals surface area contributed by atoms with Gasteiger partial charge in [0.1, 0.15) is 0 Å². The van der Waals surface area contributed by atoms with Crippen molar-refractivity contribution in [3.05, 3.63) is 11.6 Å². The summed E-state index contributed by atoms with van der Waals surface area (Å²) in [6, 6.07) is 0. The number of hydrogen-bond donors (Lipinski definition) is 0. The first-order chi connectivity index (χ1) is 7.56. The average molecular weight is 224 g/mol. The zero-order valence-corrected chi connectivity index (χ0v) is 10.3. The largest absolute Gasteiger partial charge is 0.339 e. The fourth-order valence-corrected chi connectivity index (χ4v) is 1.87. The van der Waals surface area contributed by atoms with Gasteiger partial charge in [-0.3, -0.25) is 9.59 Å². The molecular weight excluding hydrogens is 204 g/mol. The van der Waals surface area contributed by atoms with E-state index >= 15 is 0 Å². The Morgan fingerprint density at radius 2 is 1.56 bits per heavy atom. The lowest BCUT2D eigenvalue weighted by Crippen LogP contribution is -2.50. The summed E-state index contributed by atoms with van der Waals surface area (Å²) in [5.74, 6) is 0.193. The van der Waals surface area contributed by atoms with E-state index in [1.165, 1.54) is 0 Å². The quantitative estimate of drug-likeness (QED) is 0.657. The molecule has 2 amide bonds. The molecule has 1 rings (SSSR count). The predicted molar refractivity (Wildman–Crippen MR) is 62.9 cm³/mol. The van der Waals surface area contributed by atoms with E-state index in [0.29, 0.717) is 26.2 Å². The molecule has 0 spiro atoms. The van der Waals surface area contributed by atoms with Crippen LogP contribution in [-0.4, -0.2) is 47.8 Å². The molecule has 0 aromatic heterocycles. The van der Waals surface area contributed by atoms with Crippen molar-refractivity contribution in [1.29, 1.82) is 0 Å². The van der Waals surface area contributed by atoms with Gasteiger partial charge in [-0.05, 0) is 13.3 Å². The third-order valence-electron chi connectivity index (χ3n) is 2.86. The van der Waals surface area contributed by atoms with Crippen molar-refractivity contribution in [3.63, 3.8) is 0 Å². The zero-order chi connectivity index (χ0) is 12.1. The van der Waals surface area contributed by atoms with Crippen molar-refractivity contribution in [2.75, 3.05) is 26.2 Å². The van der Waals surface area contributed by atoms with Gasteiger partial charge in [-0.2, -0.15) is 0 Å². The van der Waals surface area contributed by atoms with Gasteiger partial charge < -0.3 is 9.80 Å². The summed E-state index contributed by atoms with van der Waals surface area (Å²) in [4.78, 5) is 26.6. The molecule has 1 heterocycles. The number of piperazine rings is 1. The van der Waals surface area contributed by atoms with E-state index < -0.39 is 0 Å². The second-order valence-electron chi connectivity index (χ2n) is 4.09. The molecule has 0 bridgehead atoms. The van der Waals surface area contributed by atoms with Crippen molar-refractivity contribution in [2.24, 2.45) is 0 Å². The average Bonchev–Trinajstić information content (AvgIpc) is 2.28. The predicted octanol–water partition coefficient (Wildman–Crippen LogP) is 1.03. The van der Waals surface area contributed by atoms with Gasteiger partial charge in [0, 0.05) is 38.7 Å². The molecule has 1 aliphatic heterocycles. The van der Waals surface area contributed by atoms with Gasteiger partial charge in [0.05, 0.1) is 0 Å². The molecule has 1 fully saturated rings. The molecule has 0 aromatic rings. The molecule has 1 aliphatic rings. The molecule has 16 heavy (non-hydrogen) atoms. The summed E-state index contributed by atoms with van der Waals surface area (Å²) in [6.07, 6.45) is 2.82. The van der Waals surface area contributed by atoms with Crippen molar-refractivity contribution in [1.82, 2.24) is 9.80 Å². The molecule has 0 atom stereocenters. The smallest absolute Gasteiger partial charge is 0.249 e. The number of carbonyl (C=O) groups is 2. The lowest BCUT2D eigenvalue weighted by Gasteiger charge is -2.34. The van der Waals surface area contributed by atoms with Gasteiger partial charge in [0.2, 0.25) is 11.8 Å². The summed E-state index contributed by atoms with van der Waals surface area (Å²) in [7, 11) is 0. The van der Waals surface area contributed by atoms with Crippen LogP contribution in [0.2, 0.25) is 0 Å². The van der Waals surface area contributed by atoms with Crippen molar-refractivity contribution < 1.29 is 9.59 Å². The van der Waals surface area contributed by atoms with E-state index in [9.17, 15) is 9.59 Å². The molecule has 0 unspecified atom stereocenters. The van der Waals surface area contributed by atoms with Gasteiger partial charge in [0.25, 0.3) is 0 Å². The monoisotopic (exact) mass is 224 g/mol. The number of nitrogens with zero attached hydrogens (tertiary/aromatic N) is 2. The lowest BCUT2D eigenvalue weighted by atomic mass is 10.2. The third-order valence-corrected chi connectivity index (χ3v) is 2.86. The Kier molecular flexibility index (Phi) is 4.52. The van der Waals surface area contributed by atoms with E-state index in [-0.39, 0.29) is 11.8 Å². The summed E-state index contributed by atoms with van der Waals surface area (Å²) in [5.41, 5.74) is 0.804. The highest BCUT2D eigenvalue weighted by Crippen LogP contribution is 2.07. The van der Waals surface area contributed by atoms with Crippen LogP contribution < -0.4 is 0 Å². The first kappa shape index (κ1) is 12.7. The summed E-state index contributed by atoms with van der Waals surface area (Å²) >= 11 is 0. The van der Waals surface area contributed by atoms with Gasteiger partial charge in [-0.1, -0.05) is 13.0 Å². The summed E-state index contributed by atoms with van der Waals surface area (Å²) in [5, 5.41) is 0. The Bertz CT molecular complexity index is 302. The molecular formula is C12H20N2O2. The lowest BCUT2D eigenvalue weighted by molar-refractivity contribution is -0.136. The molecule has 0 radical (unpaired) electrons.